The van der Waals surface area contributed by atoms with Gasteiger partial charge in [0.1, 0.15) is 41.2 Å². The van der Waals surface area contributed by atoms with Crippen molar-refractivity contribution in [3.63, 3.8) is 0 Å². The summed E-state index contributed by atoms with van der Waals surface area (Å²) in [5.41, 5.74) is 0.802. The van der Waals surface area contributed by atoms with Crippen molar-refractivity contribution in [1.82, 2.24) is 10.3 Å². The molecule has 0 fully saturated rings. The van der Waals surface area contributed by atoms with Gasteiger partial charge in [-0.05, 0) is 50.2 Å². The summed E-state index contributed by atoms with van der Waals surface area (Å²) in [5.74, 6) is 6.91. The Morgan fingerprint density at radius 3 is 2.67 bits per heavy atom. The van der Waals surface area contributed by atoms with E-state index in [4.69, 9.17) is 14.2 Å². The number of amides is 2. The van der Waals surface area contributed by atoms with Crippen LogP contribution in [0.1, 0.15) is 29.9 Å². The van der Waals surface area contributed by atoms with Gasteiger partial charge in [-0.1, -0.05) is 30.0 Å². The van der Waals surface area contributed by atoms with E-state index >= 15 is 0 Å². The minimum Gasteiger partial charge on any atom is -0.489 e. The molecule has 1 N–H and O–H groups in total. The maximum absolute atomic E-state index is 13.2. The normalized spacial score (nSPS) is 15.1. The first-order valence-electron chi connectivity index (χ1n) is 11.4. The molecule has 1 aliphatic rings. The van der Waals surface area contributed by atoms with Crippen LogP contribution in [0, 0.1) is 11.8 Å². The number of anilines is 1. The van der Waals surface area contributed by atoms with Gasteiger partial charge in [-0.25, -0.2) is 0 Å². The average Bonchev–Trinajstić information content (AvgIpc) is 3.00. The Bertz CT molecular complexity index is 1330. The molecule has 2 aromatic carbocycles. The number of para-hydroxylation sites is 1. The number of nitrogens with zero attached hydrogens (tertiary/aromatic N) is 2. The van der Waals surface area contributed by atoms with Crippen LogP contribution in [0.4, 0.5) is 5.69 Å². The molecule has 0 saturated carbocycles. The molecule has 8 nitrogen and oxygen atoms in total. The van der Waals surface area contributed by atoms with Gasteiger partial charge in [0.2, 0.25) is 0 Å². The van der Waals surface area contributed by atoms with Crippen LogP contribution >= 0.6 is 0 Å². The lowest BCUT2D eigenvalue weighted by molar-refractivity contribution is -0.120. The van der Waals surface area contributed by atoms with E-state index in [0.717, 1.165) is 0 Å². The van der Waals surface area contributed by atoms with Crippen LogP contribution in [0.2, 0.25) is 0 Å². The number of ether oxygens (including phenoxy) is 3. The number of nitrogens with one attached hydrogen (secondary N) is 1. The Morgan fingerprint density at radius 2 is 1.92 bits per heavy atom. The number of methoxy groups -OCH3 is 1. The molecule has 3 aromatic rings. The fourth-order valence-electron chi connectivity index (χ4n) is 3.41. The van der Waals surface area contributed by atoms with Crippen molar-refractivity contribution in [2.24, 2.45) is 0 Å². The van der Waals surface area contributed by atoms with Crippen LogP contribution in [0.3, 0.4) is 0 Å². The van der Waals surface area contributed by atoms with Crippen molar-refractivity contribution in [3.05, 3.63) is 78.1 Å². The largest absolute Gasteiger partial charge is 0.489 e. The Morgan fingerprint density at radius 1 is 1.14 bits per heavy atom. The molecule has 0 unspecified atom stereocenters. The molecule has 0 saturated heterocycles. The van der Waals surface area contributed by atoms with Gasteiger partial charge >= 0.3 is 0 Å². The van der Waals surface area contributed by atoms with Crippen molar-refractivity contribution in [2.75, 3.05) is 25.7 Å². The molecule has 36 heavy (non-hydrogen) atoms. The van der Waals surface area contributed by atoms with E-state index in [2.05, 4.69) is 22.1 Å². The number of hydrogen-bond donors (Lipinski definition) is 1. The summed E-state index contributed by atoms with van der Waals surface area (Å²) < 4.78 is 17.0. The quantitative estimate of drug-likeness (QED) is 0.553. The number of pyridine rings is 1. The van der Waals surface area contributed by atoms with Gasteiger partial charge in [0, 0.05) is 32.0 Å². The molecule has 4 rings (SSSR count). The number of aromatic nitrogens is 1. The van der Waals surface area contributed by atoms with Gasteiger partial charge in [-0.2, -0.15) is 0 Å². The molecule has 0 spiro atoms. The summed E-state index contributed by atoms with van der Waals surface area (Å²) in [6.07, 6.45) is 1.48. The molecule has 8 heteroatoms. The summed E-state index contributed by atoms with van der Waals surface area (Å²) in [5, 5.41) is 2.73. The second-order valence-corrected chi connectivity index (χ2v) is 8.67. The second-order valence-electron chi connectivity index (χ2n) is 8.67. The SMILES string of the molecule is COC(C)(C)C#Cc1ccc2c(c1)N(C)C(=O)[C@H](NC(=O)c1cc(Oc3ccccc3)ccn1)CO2. The smallest absolute Gasteiger partial charge is 0.270 e. The Balaban J connectivity index is 1.48. The molecule has 0 aliphatic carbocycles. The number of likely N-dealkylation sites (N-methyl/N-ethyl adjacent to an activating group) is 1. The molecule has 184 valence electrons. The molecule has 1 aliphatic heterocycles. The van der Waals surface area contributed by atoms with E-state index < -0.39 is 17.6 Å². The van der Waals surface area contributed by atoms with Crippen LogP contribution in [-0.4, -0.2) is 49.2 Å². The van der Waals surface area contributed by atoms with Gasteiger partial charge in [0.15, 0.2) is 0 Å². The first-order valence-corrected chi connectivity index (χ1v) is 11.4. The first kappa shape index (κ1) is 24.8. The predicted molar refractivity (Wildman–Crippen MR) is 135 cm³/mol. The maximum atomic E-state index is 13.2. The zero-order chi connectivity index (χ0) is 25.7. The lowest BCUT2D eigenvalue weighted by atomic mass is 10.1. The van der Waals surface area contributed by atoms with Gasteiger partial charge in [-0.3, -0.25) is 14.6 Å². The molecule has 0 radical (unpaired) electrons. The van der Waals surface area contributed by atoms with Gasteiger partial charge in [0.25, 0.3) is 11.8 Å². The van der Waals surface area contributed by atoms with Crippen molar-refractivity contribution in [3.8, 4) is 29.1 Å². The zero-order valence-corrected chi connectivity index (χ0v) is 20.6. The summed E-state index contributed by atoms with van der Waals surface area (Å²) >= 11 is 0. The Labute approximate surface area is 210 Å². The van der Waals surface area contributed by atoms with Crippen LogP contribution in [0.5, 0.6) is 17.2 Å². The Hall–Kier alpha value is -4.35. The monoisotopic (exact) mass is 485 g/mol. The van der Waals surface area contributed by atoms with Gasteiger partial charge in [-0.15, -0.1) is 0 Å². The van der Waals surface area contributed by atoms with Gasteiger partial charge < -0.3 is 24.4 Å². The minimum absolute atomic E-state index is 0.0240. The zero-order valence-electron chi connectivity index (χ0n) is 20.6. The fraction of sp³-hybridized carbons (Fsp3) is 0.250. The van der Waals surface area contributed by atoms with E-state index in [1.165, 1.54) is 17.2 Å². The van der Waals surface area contributed by atoms with Crippen LogP contribution in [0.25, 0.3) is 0 Å². The lowest BCUT2D eigenvalue weighted by Crippen LogP contribution is -2.49. The summed E-state index contributed by atoms with van der Waals surface area (Å²) in [7, 11) is 3.24. The predicted octanol–water partition coefficient (Wildman–Crippen LogP) is 3.80. The Kier molecular flexibility index (Phi) is 7.23. The standard InChI is InChI=1S/C28H27N3O5/c1-28(2,34-4)14-12-19-10-11-25-24(16-19)31(3)27(33)23(18-35-25)30-26(32)22-17-21(13-15-29-22)36-20-8-6-5-7-9-20/h5-11,13,15-17,23H,18H2,1-4H3,(H,30,32)/t23-/m1/s1. The highest BCUT2D eigenvalue weighted by molar-refractivity contribution is 6.03. The third-order valence-corrected chi connectivity index (χ3v) is 5.62. The molecular weight excluding hydrogens is 458 g/mol. The summed E-state index contributed by atoms with van der Waals surface area (Å²) in [6.45, 7) is 3.71. The second kappa shape index (κ2) is 10.5. The van der Waals surface area contributed by atoms with E-state index in [1.54, 1.807) is 32.4 Å². The summed E-state index contributed by atoms with van der Waals surface area (Å²) in [6, 6.07) is 16.8. The number of carbonyl (C=O) groups is 2. The molecule has 2 amide bonds. The van der Waals surface area contributed by atoms with E-state index in [0.29, 0.717) is 28.5 Å². The molecule has 1 atom stereocenters. The van der Waals surface area contributed by atoms with E-state index in [1.807, 2.05) is 50.2 Å². The van der Waals surface area contributed by atoms with Crippen LogP contribution in [-0.2, 0) is 9.53 Å². The van der Waals surface area contributed by atoms with E-state index in [9.17, 15) is 9.59 Å². The average molecular weight is 486 g/mol. The summed E-state index contributed by atoms with van der Waals surface area (Å²) in [4.78, 5) is 31.7. The highest BCUT2D eigenvalue weighted by atomic mass is 16.5. The van der Waals surface area contributed by atoms with Crippen molar-refractivity contribution in [2.45, 2.75) is 25.5 Å². The van der Waals surface area contributed by atoms with E-state index in [-0.39, 0.29) is 18.2 Å². The lowest BCUT2D eigenvalue weighted by Gasteiger charge is -2.20. The number of carbonyl (C=O) groups excluding carboxylic acids is 2. The number of hydrogen-bond acceptors (Lipinski definition) is 6. The third kappa shape index (κ3) is 5.82. The fourth-order valence-corrected chi connectivity index (χ4v) is 3.41. The number of benzene rings is 2. The maximum Gasteiger partial charge on any atom is 0.270 e. The third-order valence-electron chi connectivity index (χ3n) is 5.62. The topological polar surface area (TPSA) is 90.0 Å². The van der Waals surface area contributed by atoms with Crippen molar-refractivity contribution < 1.29 is 23.8 Å². The number of rotatable bonds is 5. The minimum atomic E-state index is -0.905. The highest BCUT2D eigenvalue weighted by Crippen LogP contribution is 2.31. The number of fused-ring (bicyclic) bond motifs is 1. The molecule has 0 bridgehead atoms. The van der Waals surface area contributed by atoms with Crippen molar-refractivity contribution in [1.29, 1.82) is 0 Å². The van der Waals surface area contributed by atoms with Gasteiger partial charge in [0.05, 0.1) is 5.69 Å². The van der Waals surface area contributed by atoms with Crippen molar-refractivity contribution >= 4 is 17.5 Å². The molecule has 2 heterocycles. The first-order chi connectivity index (χ1) is 17.3. The molecular formula is C28H27N3O5. The highest BCUT2D eigenvalue weighted by Gasteiger charge is 2.31. The van der Waals surface area contributed by atoms with Crippen LogP contribution < -0.4 is 19.7 Å². The van der Waals surface area contributed by atoms with Crippen LogP contribution in [0.15, 0.2) is 66.9 Å². The molecule has 1 aromatic heterocycles.